The Kier molecular flexibility index (Phi) is 3.48. The number of rotatable bonds is 3. The molecule has 4 aromatic heterocycles. The van der Waals surface area contributed by atoms with E-state index in [1.807, 2.05) is 12.3 Å². The highest BCUT2D eigenvalue weighted by molar-refractivity contribution is 6.31. The van der Waals surface area contributed by atoms with Crippen LogP contribution in [0.3, 0.4) is 0 Å². The lowest BCUT2D eigenvalue weighted by Crippen LogP contribution is -2.12. The summed E-state index contributed by atoms with van der Waals surface area (Å²) in [6.07, 6.45) is 6.55. The van der Waals surface area contributed by atoms with Crippen molar-refractivity contribution in [2.24, 2.45) is 0 Å². The molecule has 8 heteroatoms. The van der Waals surface area contributed by atoms with Crippen LogP contribution in [0.2, 0.25) is 5.02 Å². The van der Waals surface area contributed by atoms with Crippen molar-refractivity contribution < 1.29 is 13.6 Å². The number of aromatic amines is 1. The first kappa shape index (κ1) is 15.7. The maximum absolute atomic E-state index is 12.6. The Balaban J connectivity index is 1.48. The molecule has 0 spiro atoms. The van der Waals surface area contributed by atoms with Crippen LogP contribution in [-0.4, -0.2) is 20.9 Å². The highest BCUT2D eigenvalue weighted by Gasteiger charge is 2.15. The number of aromatic nitrogens is 3. The number of halogens is 1. The number of carbonyl (C=O) groups excluding carboxylic acids is 1. The van der Waals surface area contributed by atoms with Gasteiger partial charge in [0, 0.05) is 33.9 Å². The summed E-state index contributed by atoms with van der Waals surface area (Å²) in [5.41, 5.74) is 3.97. The summed E-state index contributed by atoms with van der Waals surface area (Å²) in [6.45, 7) is 0. The van der Waals surface area contributed by atoms with Gasteiger partial charge in [0.1, 0.15) is 11.2 Å². The lowest BCUT2D eigenvalue weighted by atomic mass is 10.1. The molecule has 0 radical (unpaired) electrons. The summed E-state index contributed by atoms with van der Waals surface area (Å²) in [5.74, 6) is -0.374. The first-order valence-electron chi connectivity index (χ1n) is 8.04. The molecule has 0 unspecified atom stereocenters. The van der Waals surface area contributed by atoms with E-state index in [2.05, 4.69) is 20.3 Å². The Labute approximate surface area is 157 Å². The van der Waals surface area contributed by atoms with Crippen LogP contribution >= 0.6 is 11.6 Å². The van der Waals surface area contributed by atoms with Gasteiger partial charge in [-0.1, -0.05) is 11.6 Å². The van der Waals surface area contributed by atoms with E-state index in [0.717, 1.165) is 16.5 Å². The number of pyridine rings is 1. The third-order valence-corrected chi connectivity index (χ3v) is 4.43. The van der Waals surface area contributed by atoms with E-state index in [9.17, 15) is 4.79 Å². The zero-order valence-corrected chi connectivity index (χ0v) is 14.4. The number of nitrogens with one attached hydrogen (secondary N) is 2. The van der Waals surface area contributed by atoms with Crippen molar-refractivity contribution in [1.29, 1.82) is 0 Å². The van der Waals surface area contributed by atoms with Crippen LogP contribution in [0.5, 0.6) is 0 Å². The average Bonchev–Trinajstić information content (AvgIpc) is 3.39. The van der Waals surface area contributed by atoms with E-state index in [0.29, 0.717) is 27.3 Å². The van der Waals surface area contributed by atoms with Gasteiger partial charge in [-0.25, -0.2) is 4.98 Å². The molecular formula is C19H11ClN4O3. The molecule has 7 nitrogen and oxygen atoms in total. The van der Waals surface area contributed by atoms with Gasteiger partial charge >= 0.3 is 6.01 Å². The molecule has 0 bridgehead atoms. The molecular weight excluding hydrogens is 368 g/mol. The second-order valence-electron chi connectivity index (χ2n) is 5.92. The van der Waals surface area contributed by atoms with E-state index in [4.69, 9.17) is 20.4 Å². The number of H-pyrrole nitrogens is 1. The summed E-state index contributed by atoms with van der Waals surface area (Å²) < 4.78 is 10.7. The maximum Gasteiger partial charge on any atom is 0.302 e. The van der Waals surface area contributed by atoms with Gasteiger partial charge in [-0.05, 0) is 30.3 Å². The quantitative estimate of drug-likeness (QED) is 0.466. The number of nitrogens with zero attached hydrogens (tertiary/aromatic N) is 2. The Hall–Kier alpha value is -3.58. The van der Waals surface area contributed by atoms with Gasteiger partial charge in [-0.2, -0.15) is 4.98 Å². The van der Waals surface area contributed by atoms with Gasteiger partial charge in [-0.15, -0.1) is 0 Å². The molecule has 132 valence electrons. The third kappa shape index (κ3) is 2.74. The molecule has 5 aromatic rings. The minimum atomic E-state index is -0.374. The fourth-order valence-corrected chi connectivity index (χ4v) is 3.07. The molecule has 1 aromatic carbocycles. The normalized spacial score (nSPS) is 11.3. The molecule has 0 aliphatic rings. The van der Waals surface area contributed by atoms with E-state index in [1.165, 1.54) is 6.20 Å². The van der Waals surface area contributed by atoms with Crippen molar-refractivity contribution in [1.82, 2.24) is 15.0 Å². The molecule has 0 aliphatic carbocycles. The van der Waals surface area contributed by atoms with Crippen molar-refractivity contribution in [2.75, 3.05) is 5.32 Å². The summed E-state index contributed by atoms with van der Waals surface area (Å²) in [5, 5.41) is 4.01. The second kappa shape index (κ2) is 6.00. The molecule has 27 heavy (non-hydrogen) atoms. The molecule has 0 fully saturated rings. The highest BCUT2D eigenvalue weighted by Crippen LogP contribution is 2.29. The molecule has 2 N–H and O–H groups in total. The van der Waals surface area contributed by atoms with Crippen LogP contribution in [-0.2, 0) is 0 Å². The van der Waals surface area contributed by atoms with Gasteiger partial charge in [-0.3, -0.25) is 10.1 Å². The fourth-order valence-electron chi connectivity index (χ4n) is 2.91. The van der Waals surface area contributed by atoms with Crippen LogP contribution in [0.4, 0.5) is 6.01 Å². The first-order valence-corrected chi connectivity index (χ1v) is 8.42. The Morgan fingerprint density at radius 2 is 2.15 bits per heavy atom. The number of amides is 1. The minimum Gasteiger partial charge on any atom is -0.472 e. The van der Waals surface area contributed by atoms with Crippen molar-refractivity contribution in [2.45, 2.75) is 0 Å². The van der Waals surface area contributed by atoms with Crippen LogP contribution in [0.1, 0.15) is 10.4 Å². The maximum atomic E-state index is 12.6. The number of oxazole rings is 1. The molecule has 4 heterocycles. The van der Waals surface area contributed by atoms with Gasteiger partial charge in [0.25, 0.3) is 5.91 Å². The molecule has 0 atom stereocenters. The number of benzene rings is 1. The molecule has 0 aliphatic heterocycles. The lowest BCUT2D eigenvalue weighted by Gasteiger charge is -2.01. The average molecular weight is 379 g/mol. The summed E-state index contributed by atoms with van der Waals surface area (Å²) in [6, 6.07) is 8.77. The monoisotopic (exact) mass is 378 g/mol. The van der Waals surface area contributed by atoms with Gasteiger partial charge < -0.3 is 13.8 Å². The van der Waals surface area contributed by atoms with Crippen molar-refractivity contribution in [3.8, 4) is 11.1 Å². The number of furan rings is 1. The summed E-state index contributed by atoms with van der Waals surface area (Å²) >= 11 is 5.94. The Bertz CT molecular complexity index is 1290. The second-order valence-corrected chi connectivity index (χ2v) is 6.36. The third-order valence-electron chi connectivity index (χ3n) is 4.20. The topological polar surface area (TPSA) is 97.0 Å². The highest BCUT2D eigenvalue weighted by atomic mass is 35.5. The standard InChI is InChI=1S/C19H11ClN4O3/c20-12-1-2-16-15(6-12)23-19(27-16)24-18(25)11-5-13-14(10-3-4-26-9-10)8-22-17(13)21-7-11/h1-9H,(H,21,22)(H,23,24,25). The van der Waals surface area contributed by atoms with E-state index in [-0.39, 0.29) is 11.9 Å². The first-order chi connectivity index (χ1) is 13.2. The van der Waals surface area contributed by atoms with Gasteiger partial charge in [0.05, 0.1) is 18.1 Å². The number of anilines is 1. The van der Waals surface area contributed by atoms with Crippen LogP contribution in [0, 0.1) is 0 Å². The number of hydrogen-bond acceptors (Lipinski definition) is 5. The zero-order valence-electron chi connectivity index (χ0n) is 13.7. The number of fused-ring (bicyclic) bond motifs is 2. The molecule has 1 amide bonds. The van der Waals surface area contributed by atoms with Crippen molar-refractivity contribution >= 4 is 45.7 Å². The predicted octanol–water partition coefficient (Wildman–Crippen LogP) is 4.87. The largest absolute Gasteiger partial charge is 0.472 e. The number of hydrogen-bond donors (Lipinski definition) is 2. The van der Waals surface area contributed by atoms with Crippen LogP contribution < -0.4 is 5.32 Å². The van der Waals surface area contributed by atoms with Gasteiger partial charge in [0.15, 0.2) is 5.58 Å². The predicted molar refractivity (Wildman–Crippen MR) is 101 cm³/mol. The lowest BCUT2D eigenvalue weighted by molar-refractivity contribution is 0.102. The van der Waals surface area contributed by atoms with Crippen molar-refractivity contribution in [3.63, 3.8) is 0 Å². The van der Waals surface area contributed by atoms with Crippen molar-refractivity contribution in [3.05, 3.63) is 65.8 Å². The van der Waals surface area contributed by atoms with Gasteiger partial charge in [0.2, 0.25) is 0 Å². The summed E-state index contributed by atoms with van der Waals surface area (Å²) in [7, 11) is 0. The Morgan fingerprint density at radius 1 is 1.22 bits per heavy atom. The van der Waals surface area contributed by atoms with E-state index in [1.54, 1.807) is 36.8 Å². The smallest absolute Gasteiger partial charge is 0.302 e. The minimum absolute atomic E-state index is 0.0986. The van der Waals surface area contributed by atoms with E-state index >= 15 is 0 Å². The van der Waals surface area contributed by atoms with Crippen LogP contribution in [0.15, 0.2) is 64.1 Å². The summed E-state index contributed by atoms with van der Waals surface area (Å²) in [4.78, 5) is 24.2. The zero-order chi connectivity index (χ0) is 18.4. The molecule has 0 saturated heterocycles. The SMILES string of the molecule is O=C(Nc1nc2cc(Cl)ccc2o1)c1cnc2[nH]cc(-c3ccoc3)c2c1. The fraction of sp³-hybridized carbons (Fsp3) is 0. The molecule has 5 rings (SSSR count). The Morgan fingerprint density at radius 3 is 3.00 bits per heavy atom. The van der Waals surface area contributed by atoms with E-state index < -0.39 is 0 Å². The molecule has 0 saturated carbocycles. The number of carbonyl (C=O) groups is 1. The van der Waals surface area contributed by atoms with Crippen LogP contribution in [0.25, 0.3) is 33.3 Å².